The minimum Gasteiger partial charge on any atom is -0.300 e. The molecule has 0 rings (SSSR count). The molecule has 0 aromatic carbocycles. The molecule has 0 N–H and O–H groups in total. The first-order chi connectivity index (χ1) is 3.13. The zero-order chi connectivity index (χ0) is 5.86. The minimum absolute atomic E-state index is 0. The van der Waals surface area contributed by atoms with Gasteiger partial charge in [-0.2, -0.15) is 0 Å². The Morgan fingerprint density at radius 3 is 1.38 bits per heavy atom. The average Bonchev–Trinajstić information content (AvgIpc) is 1.27. The Morgan fingerprint density at radius 2 is 1.38 bits per heavy atom. The third kappa shape index (κ3) is 9.10. The van der Waals surface area contributed by atoms with Crippen LogP contribution in [0.1, 0.15) is 20.3 Å². The number of ketones is 2. The maximum absolute atomic E-state index is 10.0. The first-order valence-electron chi connectivity index (χ1n) is 2.12. The Labute approximate surface area is 52.5 Å². The Morgan fingerprint density at radius 1 is 1.12 bits per heavy atom. The maximum atomic E-state index is 10.0. The van der Waals surface area contributed by atoms with Crippen molar-refractivity contribution in [1.82, 2.24) is 0 Å². The first kappa shape index (κ1) is 10.5. The summed E-state index contributed by atoms with van der Waals surface area (Å²) in [6.45, 7) is 2.81. The van der Waals surface area contributed by atoms with Gasteiger partial charge in [-0.3, -0.25) is 9.59 Å². The van der Waals surface area contributed by atoms with E-state index >= 15 is 0 Å². The fourth-order valence-corrected chi connectivity index (χ4v) is 0.351. The van der Waals surface area contributed by atoms with Crippen LogP contribution in [0.25, 0.3) is 0 Å². The molecule has 0 aromatic heterocycles. The largest absolute Gasteiger partial charge is 2.00 e. The molecule has 0 aromatic rings. The summed E-state index contributed by atoms with van der Waals surface area (Å²) in [5, 5.41) is 0. The van der Waals surface area contributed by atoms with Crippen molar-refractivity contribution in [2.24, 2.45) is 0 Å². The van der Waals surface area contributed by atoms with Crippen LogP contribution in [0.2, 0.25) is 0 Å². The van der Waals surface area contributed by atoms with Gasteiger partial charge in [-0.15, -0.1) is 0 Å². The van der Waals surface area contributed by atoms with E-state index in [9.17, 15) is 9.59 Å². The van der Waals surface area contributed by atoms with E-state index in [1.165, 1.54) is 13.8 Å². The molecule has 0 heterocycles. The van der Waals surface area contributed by atoms with Crippen molar-refractivity contribution in [2.75, 3.05) is 0 Å². The topological polar surface area (TPSA) is 34.1 Å². The zero-order valence-corrected chi connectivity index (χ0v) is 5.23. The van der Waals surface area contributed by atoms with Gasteiger partial charge in [0, 0.05) is 0 Å². The number of carbonyl (C=O) groups is 2. The SMILES string of the molecule is CC(=O)CC(C)=O.[Be+2]. The Hall–Kier alpha value is -0.491. The van der Waals surface area contributed by atoms with Crippen LogP contribution in [-0.2, 0) is 9.59 Å². The quantitative estimate of drug-likeness (QED) is 0.374. The molecular weight excluding hydrogens is 101 g/mol. The Bertz CT molecular complexity index is 86.6. The molecule has 0 unspecified atom stereocenters. The second-order valence-electron chi connectivity index (χ2n) is 1.58. The van der Waals surface area contributed by atoms with Crippen molar-refractivity contribution in [3.8, 4) is 0 Å². The van der Waals surface area contributed by atoms with Crippen LogP contribution < -0.4 is 0 Å². The molecule has 0 aliphatic carbocycles. The molecule has 0 radical (unpaired) electrons. The molecule has 0 bridgehead atoms. The molecule has 40 valence electrons. The van der Waals surface area contributed by atoms with E-state index in [0.29, 0.717) is 0 Å². The molecule has 2 nitrogen and oxygen atoms in total. The van der Waals surface area contributed by atoms with E-state index in [2.05, 4.69) is 0 Å². The van der Waals surface area contributed by atoms with E-state index < -0.39 is 0 Å². The maximum Gasteiger partial charge on any atom is 2.00 e. The molecular formula is C5H8BeO2+2. The zero-order valence-electron chi connectivity index (χ0n) is 5.23. The standard InChI is InChI=1S/C5H8O2.Be/c1-4(6)3-5(2)7;/h3H2,1-2H3;/q;+2. The number of carbonyl (C=O) groups excluding carboxylic acids is 2. The van der Waals surface area contributed by atoms with Crippen LogP contribution in [0.15, 0.2) is 0 Å². The van der Waals surface area contributed by atoms with E-state index in [1.54, 1.807) is 0 Å². The Balaban J connectivity index is 0. The number of rotatable bonds is 2. The van der Waals surface area contributed by atoms with Crippen LogP contribution in [0.5, 0.6) is 0 Å². The van der Waals surface area contributed by atoms with Crippen molar-refractivity contribution < 1.29 is 9.59 Å². The van der Waals surface area contributed by atoms with E-state index in [1.807, 2.05) is 0 Å². The molecule has 0 atom stereocenters. The van der Waals surface area contributed by atoms with Crippen LogP contribution in [-0.4, -0.2) is 21.7 Å². The van der Waals surface area contributed by atoms with Gasteiger partial charge in [0.1, 0.15) is 11.6 Å². The summed E-state index contributed by atoms with van der Waals surface area (Å²) in [5.74, 6) is -0.125. The summed E-state index contributed by atoms with van der Waals surface area (Å²) in [4.78, 5) is 20.1. The smallest absolute Gasteiger partial charge is 0.300 e. The van der Waals surface area contributed by atoms with Gasteiger partial charge in [0.15, 0.2) is 0 Å². The molecule has 0 spiro atoms. The summed E-state index contributed by atoms with van der Waals surface area (Å²) < 4.78 is 0. The molecule has 3 heteroatoms. The van der Waals surface area contributed by atoms with Gasteiger partial charge in [0.2, 0.25) is 0 Å². The van der Waals surface area contributed by atoms with Crippen LogP contribution in [0.3, 0.4) is 0 Å². The van der Waals surface area contributed by atoms with Crippen molar-refractivity contribution >= 4 is 21.7 Å². The van der Waals surface area contributed by atoms with Crippen molar-refractivity contribution in [1.29, 1.82) is 0 Å². The summed E-state index contributed by atoms with van der Waals surface area (Å²) in [7, 11) is 0. The van der Waals surface area contributed by atoms with Gasteiger partial charge < -0.3 is 0 Å². The molecule has 0 saturated carbocycles. The van der Waals surface area contributed by atoms with Crippen molar-refractivity contribution in [2.45, 2.75) is 20.3 Å². The Kier molecular flexibility index (Phi) is 6.11. The number of hydrogen-bond acceptors (Lipinski definition) is 2. The normalized spacial score (nSPS) is 7.25. The molecule has 0 saturated heterocycles. The molecule has 0 aliphatic heterocycles. The summed E-state index contributed by atoms with van der Waals surface area (Å²) in [6.07, 6.45) is 0.0833. The second kappa shape index (κ2) is 4.66. The van der Waals surface area contributed by atoms with Crippen LogP contribution in [0, 0.1) is 0 Å². The molecule has 0 amide bonds. The summed E-state index contributed by atoms with van der Waals surface area (Å²) >= 11 is 0. The first-order valence-corrected chi connectivity index (χ1v) is 2.12. The monoisotopic (exact) mass is 109 g/mol. The van der Waals surface area contributed by atoms with Crippen LogP contribution >= 0.6 is 0 Å². The van der Waals surface area contributed by atoms with Crippen molar-refractivity contribution in [3.63, 3.8) is 0 Å². The molecule has 8 heavy (non-hydrogen) atoms. The third-order valence-corrected chi connectivity index (χ3v) is 0.498. The summed E-state index contributed by atoms with van der Waals surface area (Å²) in [5.41, 5.74) is 0. The minimum atomic E-state index is -0.0625. The van der Waals surface area contributed by atoms with Gasteiger partial charge >= 0.3 is 10.1 Å². The van der Waals surface area contributed by atoms with Gasteiger partial charge in [-0.25, -0.2) is 0 Å². The van der Waals surface area contributed by atoms with Gasteiger partial charge in [0.25, 0.3) is 0 Å². The van der Waals surface area contributed by atoms with Gasteiger partial charge in [-0.1, -0.05) is 0 Å². The van der Waals surface area contributed by atoms with Gasteiger partial charge in [0.05, 0.1) is 6.42 Å². The number of hydrogen-bond donors (Lipinski definition) is 0. The average molecular weight is 109 g/mol. The summed E-state index contributed by atoms with van der Waals surface area (Å²) in [6, 6.07) is 0. The van der Waals surface area contributed by atoms with Gasteiger partial charge in [-0.05, 0) is 13.8 Å². The third-order valence-electron chi connectivity index (χ3n) is 0.498. The predicted molar refractivity (Wildman–Crippen MR) is 31.7 cm³/mol. The predicted octanol–water partition coefficient (Wildman–Crippen LogP) is 0.174. The fraction of sp³-hybridized carbons (Fsp3) is 0.600. The molecule has 0 fully saturated rings. The molecule has 0 aliphatic rings. The van der Waals surface area contributed by atoms with Crippen LogP contribution in [0.4, 0.5) is 0 Å². The number of Topliss-reactive ketones (excluding diaryl/α,β-unsaturated/α-hetero) is 2. The van der Waals surface area contributed by atoms with E-state index in [-0.39, 0.29) is 28.1 Å². The van der Waals surface area contributed by atoms with Crippen molar-refractivity contribution in [3.05, 3.63) is 0 Å². The second-order valence-corrected chi connectivity index (χ2v) is 1.58. The fourth-order valence-electron chi connectivity index (χ4n) is 0.351. The van der Waals surface area contributed by atoms with E-state index in [0.717, 1.165) is 0 Å². The van der Waals surface area contributed by atoms with E-state index in [4.69, 9.17) is 0 Å².